The smallest absolute Gasteiger partial charge is 0.126 e. The monoisotopic (exact) mass is 269 g/mol. The number of benzene rings is 1. The number of methoxy groups -OCH3 is 1. The van der Waals surface area contributed by atoms with Gasteiger partial charge in [-0.15, -0.1) is 0 Å². The molecule has 0 amide bonds. The molecule has 19 heavy (non-hydrogen) atoms. The molecule has 1 aliphatic rings. The first-order valence-electron chi connectivity index (χ1n) is 6.84. The third kappa shape index (κ3) is 3.12. The van der Waals surface area contributed by atoms with E-state index in [1.54, 1.807) is 7.11 Å². The molecular weight excluding hydrogens is 248 g/mol. The molecule has 1 aromatic rings. The van der Waals surface area contributed by atoms with E-state index in [4.69, 9.17) is 10.5 Å². The highest BCUT2D eigenvalue weighted by Crippen LogP contribution is 2.39. The van der Waals surface area contributed by atoms with Crippen LogP contribution in [0.3, 0.4) is 0 Å². The molecular formula is C15H21F2NO. The van der Waals surface area contributed by atoms with Gasteiger partial charge in [-0.25, -0.2) is 8.78 Å². The molecule has 1 aliphatic carbocycles. The first-order chi connectivity index (χ1) is 9.07. The minimum atomic E-state index is -0.592. The van der Waals surface area contributed by atoms with E-state index in [2.05, 4.69) is 0 Å². The van der Waals surface area contributed by atoms with Crippen molar-refractivity contribution in [2.45, 2.75) is 50.2 Å². The van der Waals surface area contributed by atoms with Crippen LogP contribution >= 0.6 is 0 Å². The lowest BCUT2D eigenvalue weighted by Gasteiger charge is -2.37. The summed E-state index contributed by atoms with van der Waals surface area (Å²) < 4.78 is 32.3. The van der Waals surface area contributed by atoms with Gasteiger partial charge in [0.25, 0.3) is 0 Å². The Morgan fingerprint density at radius 3 is 2.05 bits per heavy atom. The fourth-order valence-corrected chi connectivity index (χ4v) is 3.03. The number of nitrogens with two attached hydrogens (primary N) is 1. The summed E-state index contributed by atoms with van der Waals surface area (Å²) in [5.41, 5.74) is 6.23. The minimum Gasteiger partial charge on any atom is -0.376 e. The van der Waals surface area contributed by atoms with E-state index < -0.39 is 23.3 Å². The third-order valence-corrected chi connectivity index (χ3v) is 4.17. The van der Waals surface area contributed by atoms with Gasteiger partial charge in [-0.1, -0.05) is 25.7 Å². The molecule has 2 N–H and O–H groups in total. The van der Waals surface area contributed by atoms with Gasteiger partial charge < -0.3 is 10.5 Å². The highest BCUT2D eigenvalue weighted by molar-refractivity contribution is 5.24. The van der Waals surface area contributed by atoms with Gasteiger partial charge in [0.2, 0.25) is 0 Å². The fourth-order valence-electron chi connectivity index (χ4n) is 3.03. The Morgan fingerprint density at radius 1 is 1.05 bits per heavy atom. The Morgan fingerprint density at radius 2 is 1.58 bits per heavy atom. The van der Waals surface area contributed by atoms with Crippen LogP contribution < -0.4 is 5.73 Å². The second-order valence-corrected chi connectivity index (χ2v) is 5.36. The van der Waals surface area contributed by atoms with Crippen molar-refractivity contribution in [2.24, 2.45) is 5.73 Å². The average molecular weight is 269 g/mol. The zero-order valence-corrected chi connectivity index (χ0v) is 11.3. The minimum absolute atomic E-state index is 0.473. The molecule has 1 aromatic carbocycles. The van der Waals surface area contributed by atoms with E-state index >= 15 is 0 Å². The Balaban J connectivity index is 2.30. The molecule has 106 valence electrons. The van der Waals surface area contributed by atoms with Gasteiger partial charge in [0.15, 0.2) is 0 Å². The van der Waals surface area contributed by atoms with Crippen molar-refractivity contribution in [3.05, 3.63) is 35.4 Å². The molecule has 0 aromatic heterocycles. The molecule has 0 heterocycles. The molecule has 0 aliphatic heterocycles. The van der Waals surface area contributed by atoms with Gasteiger partial charge in [-0.05, 0) is 30.5 Å². The molecule has 4 heteroatoms. The van der Waals surface area contributed by atoms with Crippen LogP contribution in [0.25, 0.3) is 0 Å². The molecule has 0 radical (unpaired) electrons. The molecule has 1 fully saturated rings. The van der Waals surface area contributed by atoms with Crippen molar-refractivity contribution in [2.75, 3.05) is 7.11 Å². The van der Waals surface area contributed by atoms with Gasteiger partial charge in [0.05, 0.1) is 11.6 Å². The van der Waals surface area contributed by atoms with E-state index in [0.29, 0.717) is 5.56 Å². The van der Waals surface area contributed by atoms with Crippen LogP contribution in [0.5, 0.6) is 0 Å². The van der Waals surface area contributed by atoms with E-state index in [1.807, 2.05) is 0 Å². The predicted molar refractivity (Wildman–Crippen MR) is 70.7 cm³/mol. The van der Waals surface area contributed by atoms with E-state index in [9.17, 15) is 8.78 Å². The summed E-state index contributed by atoms with van der Waals surface area (Å²) in [7, 11) is 1.64. The summed E-state index contributed by atoms with van der Waals surface area (Å²) in [4.78, 5) is 0. The number of hydrogen-bond acceptors (Lipinski definition) is 2. The normalized spacial score (nSPS) is 20.8. The van der Waals surface area contributed by atoms with E-state index in [-0.39, 0.29) is 0 Å². The molecule has 2 rings (SSSR count). The standard InChI is InChI=1S/C15H21F2NO/c1-19-15(6-4-2-3-5-7-15)14(18)11-8-12(16)10-13(17)9-11/h8-10,14H,2-7,18H2,1H3. The zero-order valence-electron chi connectivity index (χ0n) is 11.3. The Labute approximate surface area is 112 Å². The molecule has 1 atom stereocenters. The van der Waals surface area contributed by atoms with Crippen LogP contribution in [0.2, 0.25) is 0 Å². The highest BCUT2D eigenvalue weighted by atomic mass is 19.1. The second-order valence-electron chi connectivity index (χ2n) is 5.36. The van der Waals surface area contributed by atoms with Crippen LogP contribution in [-0.4, -0.2) is 12.7 Å². The van der Waals surface area contributed by atoms with Gasteiger partial charge >= 0.3 is 0 Å². The van der Waals surface area contributed by atoms with E-state index in [0.717, 1.165) is 44.6 Å². The Hall–Kier alpha value is -1.00. The SMILES string of the molecule is COC1(C(N)c2cc(F)cc(F)c2)CCCCCC1. The maximum atomic E-state index is 13.3. The van der Waals surface area contributed by atoms with Crippen LogP contribution in [0, 0.1) is 11.6 Å². The molecule has 1 saturated carbocycles. The number of ether oxygens (including phenoxy) is 1. The number of hydrogen-bond donors (Lipinski definition) is 1. The topological polar surface area (TPSA) is 35.2 Å². The average Bonchev–Trinajstić information content (AvgIpc) is 2.63. The van der Waals surface area contributed by atoms with Crippen molar-refractivity contribution in [1.82, 2.24) is 0 Å². The predicted octanol–water partition coefficient (Wildman–Crippen LogP) is 3.70. The van der Waals surface area contributed by atoms with Gasteiger partial charge in [0.1, 0.15) is 11.6 Å². The molecule has 0 bridgehead atoms. The van der Waals surface area contributed by atoms with Crippen molar-refractivity contribution >= 4 is 0 Å². The fraction of sp³-hybridized carbons (Fsp3) is 0.600. The van der Waals surface area contributed by atoms with E-state index in [1.165, 1.54) is 12.1 Å². The van der Waals surface area contributed by atoms with Crippen LogP contribution in [0.4, 0.5) is 8.78 Å². The Kier molecular flexibility index (Phi) is 4.53. The maximum Gasteiger partial charge on any atom is 0.126 e. The van der Waals surface area contributed by atoms with Crippen molar-refractivity contribution in [1.29, 1.82) is 0 Å². The van der Waals surface area contributed by atoms with Crippen molar-refractivity contribution < 1.29 is 13.5 Å². The number of rotatable bonds is 3. The summed E-state index contributed by atoms with van der Waals surface area (Å²) in [6, 6.07) is 2.97. The first kappa shape index (κ1) is 14.4. The second kappa shape index (κ2) is 5.97. The molecule has 2 nitrogen and oxygen atoms in total. The highest BCUT2D eigenvalue weighted by Gasteiger charge is 2.38. The number of halogens is 2. The first-order valence-corrected chi connectivity index (χ1v) is 6.84. The van der Waals surface area contributed by atoms with Crippen LogP contribution in [0.15, 0.2) is 18.2 Å². The molecule has 0 spiro atoms. The van der Waals surface area contributed by atoms with Crippen molar-refractivity contribution in [3.8, 4) is 0 Å². The third-order valence-electron chi connectivity index (χ3n) is 4.17. The Bertz CT molecular complexity index is 408. The van der Waals surface area contributed by atoms with Gasteiger partial charge in [-0.2, -0.15) is 0 Å². The summed E-state index contributed by atoms with van der Waals surface area (Å²) in [6.45, 7) is 0. The summed E-state index contributed by atoms with van der Waals surface area (Å²) >= 11 is 0. The van der Waals surface area contributed by atoms with Crippen LogP contribution in [0.1, 0.15) is 50.1 Å². The molecule has 1 unspecified atom stereocenters. The zero-order chi connectivity index (χ0) is 13.9. The van der Waals surface area contributed by atoms with Gasteiger partial charge in [0, 0.05) is 13.2 Å². The quantitative estimate of drug-likeness (QED) is 0.849. The maximum absolute atomic E-state index is 13.3. The lowest BCUT2D eigenvalue weighted by molar-refractivity contribution is -0.0443. The lowest BCUT2D eigenvalue weighted by Crippen LogP contribution is -2.42. The summed E-state index contributed by atoms with van der Waals surface area (Å²) in [5.74, 6) is -1.18. The lowest BCUT2D eigenvalue weighted by atomic mass is 9.82. The van der Waals surface area contributed by atoms with Crippen molar-refractivity contribution in [3.63, 3.8) is 0 Å². The molecule has 0 saturated heterocycles. The van der Waals surface area contributed by atoms with Gasteiger partial charge in [-0.3, -0.25) is 0 Å². The summed E-state index contributed by atoms with van der Waals surface area (Å²) in [6.07, 6.45) is 6.08. The largest absolute Gasteiger partial charge is 0.376 e. The summed E-state index contributed by atoms with van der Waals surface area (Å²) in [5, 5.41) is 0. The van der Waals surface area contributed by atoms with Crippen LogP contribution in [-0.2, 0) is 4.74 Å².